The van der Waals surface area contributed by atoms with E-state index in [1.54, 1.807) is 12.1 Å². The monoisotopic (exact) mass is 323 g/mol. The zero-order valence-electron chi connectivity index (χ0n) is 11.8. The van der Waals surface area contributed by atoms with Crippen molar-refractivity contribution in [3.63, 3.8) is 0 Å². The lowest BCUT2D eigenvalue weighted by Gasteiger charge is -2.27. The van der Waals surface area contributed by atoms with Crippen LogP contribution in [0.25, 0.3) is 0 Å². The fourth-order valence-electron chi connectivity index (χ4n) is 2.14. The lowest BCUT2D eigenvalue weighted by atomic mass is 10.2. The van der Waals surface area contributed by atoms with Crippen LogP contribution in [0, 0.1) is 5.82 Å². The molecule has 0 radical (unpaired) electrons. The molecule has 1 aromatic heterocycles. The van der Waals surface area contributed by atoms with E-state index < -0.39 is 5.82 Å². The minimum atomic E-state index is -0.458. The number of aromatic nitrogens is 2. The smallest absolute Gasteiger partial charge is 0.318 e. The van der Waals surface area contributed by atoms with Crippen molar-refractivity contribution in [2.45, 2.75) is 6.61 Å². The van der Waals surface area contributed by atoms with Crippen molar-refractivity contribution in [2.24, 2.45) is 0 Å². The lowest BCUT2D eigenvalue weighted by molar-refractivity contribution is 0.122. The van der Waals surface area contributed by atoms with Gasteiger partial charge in [0.05, 0.1) is 19.4 Å². The van der Waals surface area contributed by atoms with Crippen LogP contribution in [-0.4, -0.2) is 36.3 Å². The van der Waals surface area contributed by atoms with E-state index in [0.29, 0.717) is 37.9 Å². The highest BCUT2D eigenvalue weighted by atomic mass is 35.5. The van der Waals surface area contributed by atoms with Crippen molar-refractivity contribution in [1.29, 1.82) is 0 Å². The number of hydrogen-bond acceptors (Lipinski definition) is 5. The van der Waals surface area contributed by atoms with E-state index >= 15 is 0 Å². The van der Waals surface area contributed by atoms with Crippen LogP contribution in [0.1, 0.15) is 5.56 Å². The minimum absolute atomic E-state index is 0.151. The summed E-state index contributed by atoms with van der Waals surface area (Å²) in [6, 6.07) is 7.43. The lowest BCUT2D eigenvalue weighted by Crippen LogP contribution is -2.37. The highest BCUT2D eigenvalue weighted by molar-refractivity contribution is 6.30. The van der Waals surface area contributed by atoms with Crippen molar-refractivity contribution in [2.75, 3.05) is 31.2 Å². The molecule has 7 heteroatoms. The van der Waals surface area contributed by atoms with Gasteiger partial charge in [-0.2, -0.15) is 4.98 Å². The molecule has 0 N–H and O–H groups in total. The Hall–Kier alpha value is -1.92. The van der Waals surface area contributed by atoms with E-state index in [1.165, 1.54) is 0 Å². The van der Waals surface area contributed by atoms with Crippen LogP contribution < -0.4 is 9.64 Å². The number of benzene rings is 1. The van der Waals surface area contributed by atoms with E-state index in [9.17, 15) is 4.39 Å². The van der Waals surface area contributed by atoms with Crippen LogP contribution in [0.4, 0.5) is 10.2 Å². The van der Waals surface area contributed by atoms with Gasteiger partial charge in [-0.25, -0.2) is 9.37 Å². The number of halogens is 2. The molecule has 0 saturated carbocycles. The van der Waals surface area contributed by atoms with E-state index in [4.69, 9.17) is 21.1 Å². The quantitative estimate of drug-likeness (QED) is 0.865. The maximum Gasteiger partial charge on any atom is 0.318 e. The molecule has 0 bridgehead atoms. The highest BCUT2D eigenvalue weighted by Gasteiger charge is 2.18. The molecule has 0 unspecified atom stereocenters. The summed E-state index contributed by atoms with van der Waals surface area (Å²) < 4.78 is 24.7. The van der Waals surface area contributed by atoms with Gasteiger partial charge in [0.2, 0.25) is 0 Å². The summed E-state index contributed by atoms with van der Waals surface area (Å²) in [5, 5.41) is 0.663. The second-order valence-electron chi connectivity index (χ2n) is 4.84. The molecular weight excluding hydrogens is 309 g/mol. The SMILES string of the molecule is Fc1cnc(OCc2ccc(Cl)cc2)nc1N1CCOCC1. The molecule has 1 saturated heterocycles. The number of rotatable bonds is 4. The summed E-state index contributed by atoms with van der Waals surface area (Å²) in [5.74, 6) is -0.204. The summed E-state index contributed by atoms with van der Waals surface area (Å²) in [5.41, 5.74) is 0.935. The second kappa shape index (κ2) is 6.89. The molecule has 2 aromatic rings. The average Bonchev–Trinajstić information content (AvgIpc) is 2.56. The van der Waals surface area contributed by atoms with Gasteiger partial charge in [0.15, 0.2) is 11.6 Å². The first-order valence-corrected chi connectivity index (χ1v) is 7.32. The Morgan fingerprint density at radius 2 is 1.95 bits per heavy atom. The molecule has 1 fully saturated rings. The van der Waals surface area contributed by atoms with Crippen molar-refractivity contribution in [3.05, 3.63) is 46.9 Å². The van der Waals surface area contributed by atoms with Crippen LogP contribution in [0.2, 0.25) is 5.02 Å². The molecule has 5 nitrogen and oxygen atoms in total. The summed E-state index contributed by atoms with van der Waals surface area (Å²) in [4.78, 5) is 9.87. The fraction of sp³-hybridized carbons (Fsp3) is 0.333. The van der Waals surface area contributed by atoms with E-state index in [-0.39, 0.29) is 11.8 Å². The van der Waals surface area contributed by atoms with Crippen molar-refractivity contribution in [3.8, 4) is 6.01 Å². The third-order valence-corrected chi connectivity index (χ3v) is 3.55. The number of nitrogens with zero attached hydrogens (tertiary/aromatic N) is 3. The van der Waals surface area contributed by atoms with Crippen LogP contribution >= 0.6 is 11.6 Å². The molecule has 116 valence electrons. The zero-order chi connectivity index (χ0) is 15.4. The molecule has 0 spiro atoms. The molecular formula is C15H15ClFN3O2. The van der Waals surface area contributed by atoms with E-state index in [0.717, 1.165) is 11.8 Å². The van der Waals surface area contributed by atoms with Crippen LogP contribution in [0.3, 0.4) is 0 Å². The Balaban J connectivity index is 1.70. The normalized spacial score (nSPS) is 14.9. The standard InChI is InChI=1S/C15H15ClFN3O2/c16-12-3-1-11(2-4-12)10-22-15-18-9-13(17)14(19-15)20-5-7-21-8-6-20/h1-4,9H,5-8,10H2. The molecule has 0 amide bonds. The Labute approximate surface area is 132 Å². The third kappa shape index (κ3) is 3.64. The Morgan fingerprint density at radius 1 is 1.23 bits per heavy atom. The maximum atomic E-state index is 13.9. The first-order valence-electron chi connectivity index (χ1n) is 6.95. The molecule has 3 rings (SSSR count). The summed E-state index contributed by atoms with van der Waals surface area (Å²) in [6.07, 6.45) is 1.13. The largest absolute Gasteiger partial charge is 0.459 e. The van der Waals surface area contributed by atoms with Crippen molar-refractivity contribution < 1.29 is 13.9 Å². The van der Waals surface area contributed by atoms with Gasteiger partial charge >= 0.3 is 6.01 Å². The second-order valence-corrected chi connectivity index (χ2v) is 5.28. The van der Waals surface area contributed by atoms with Gasteiger partial charge in [-0.15, -0.1) is 0 Å². The molecule has 2 heterocycles. The van der Waals surface area contributed by atoms with Gasteiger partial charge < -0.3 is 14.4 Å². The molecule has 1 aliphatic rings. The number of ether oxygens (including phenoxy) is 2. The van der Waals surface area contributed by atoms with E-state index in [1.807, 2.05) is 17.0 Å². The van der Waals surface area contributed by atoms with Crippen molar-refractivity contribution in [1.82, 2.24) is 9.97 Å². The average molecular weight is 324 g/mol. The topological polar surface area (TPSA) is 47.5 Å². The fourth-order valence-corrected chi connectivity index (χ4v) is 2.26. The summed E-state index contributed by atoms with van der Waals surface area (Å²) in [7, 11) is 0. The van der Waals surface area contributed by atoms with Gasteiger partial charge in [-0.05, 0) is 17.7 Å². The van der Waals surface area contributed by atoms with Crippen LogP contribution in [0.5, 0.6) is 6.01 Å². The Kier molecular flexibility index (Phi) is 4.70. The predicted octanol–water partition coefficient (Wildman–Crippen LogP) is 2.68. The van der Waals surface area contributed by atoms with Gasteiger partial charge in [0, 0.05) is 18.1 Å². The van der Waals surface area contributed by atoms with Gasteiger partial charge in [-0.1, -0.05) is 23.7 Å². The third-order valence-electron chi connectivity index (χ3n) is 3.30. The molecule has 1 aromatic carbocycles. The molecule has 0 aliphatic carbocycles. The number of anilines is 1. The maximum absolute atomic E-state index is 13.9. The van der Waals surface area contributed by atoms with Crippen LogP contribution in [-0.2, 0) is 11.3 Å². The minimum Gasteiger partial charge on any atom is -0.459 e. The van der Waals surface area contributed by atoms with E-state index in [2.05, 4.69) is 9.97 Å². The Bertz CT molecular complexity index is 633. The predicted molar refractivity (Wildman–Crippen MR) is 80.8 cm³/mol. The molecule has 0 atom stereocenters. The molecule has 1 aliphatic heterocycles. The number of morpholine rings is 1. The zero-order valence-corrected chi connectivity index (χ0v) is 12.6. The van der Waals surface area contributed by atoms with Crippen LogP contribution in [0.15, 0.2) is 30.5 Å². The summed E-state index contributed by atoms with van der Waals surface area (Å²) >= 11 is 5.83. The Morgan fingerprint density at radius 3 is 2.68 bits per heavy atom. The highest BCUT2D eigenvalue weighted by Crippen LogP contribution is 2.20. The molecule has 22 heavy (non-hydrogen) atoms. The van der Waals surface area contributed by atoms with Crippen molar-refractivity contribution >= 4 is 17.4 Å². The number of hydrogen-bond donors (Lipinski definition) is 0. The van der Waals surface area contributed by atoms with Gasteiger partial charge in [-0.3, -0.25) is 0 Å². The first-order chi connectivity index (χ1) is 10.7. The summed E-state index contributed by atoms with van der Waals surface area (Å²) in [6.45, 7) is 2.62. The van der Waals surface area contributed by atoms with Gasteiger partial charge in [0.1, 0.15) is 6.61 Å². The first kappa shape index (κ1) is 15.0. The van der Waals surface area contributed by atoms with Gasteiger partial charge in [0.25, 0.3) is 0 Å².